The smallest absolute Gasteiger partial charge is 0.0149 e. The second-order valence-corrected chi connectivity index (χ2v) is 7.51. The highest BCUT2D eigenvalue weighted by molar-refractivity contribution is 4.94. The highest BCUT2D eigenvalue weighted by Gasteiger charge is 2.39. The maximum Gasteiger partial charge on any atom is 0.0149 e. The van der Waals surface area contributed by atoms with Crippen LogP contribution in [-0.2, 0) is 0 Å². The quantitative estimate of drug-likeness (QED) is 0.832. The van der Waals surface area contributed by atoms with Gasteiger partial charge in [0.1, 0.15) is 0 Å². The summed E-state index contributed by atoms with van der Waals surface area (Å²) in [4.78, 5) is 2.84. The van der Waals surface area contributed by atoms with Crippen molar-refractivity contribution in [1.82, 2.24) is 10.2 Å². The molecular weight excluding hydrogens is 232 g/mol. The van der Waals surface area contributed by atoms with E-state index in [-0.39, 0.29) is 0 Å². The minimum atomic E-state index is 0.524. The molecule has 1 aliphatic carbocycles. The lowest BCUT2D eigenvalue weighted by Crippen LogP contribution is -2.56. The third kappa shape index (κ3) is 3.72. The van der Waals surface area contributed by atoms with Crippen molar-refractivity contribution in [3.8, 4) is 0 Å². The van der Waals surface area contributed by atoms with Crippen LogP contribution in [0, 0.1) is 5.41 Å². The van der Waals surface area contributed by atoms with Crippen molar-refractivity contribution in [1.29, 1.82) is 0 Å². The molecule has 2 aliphatic rings. The Balaban J connectivity index is 1.91. The molecule has 2 heteroatoms. The van der Waals surface area contributed by atoms with Crippen LogP contribution < -0.4 is 5.32 Å². The van der Waals surface area contributed by atoms with E-state index < -0.39 is 0 Å². The van der Waals surface area contributed by atoms with Gasteiger partial charge in [-0.3, -0.25) is 4.90 Å². The fraction of sp³-hybridized carbons (Fsp3) is 1.00. The third-order valence-corrected chi connectivity index (χ3v) is 5.46. The molecule has 1 saturated heterocycles. The average Bonchev–Trinajstić information content (AvgIpc) is 2.37. The first-order valence-electron chi connectivity index (χ1n) is 8.53. The maximum atomic E-state index is 3.72. The molecular formula is C17H34N2. The average molecular weight is 266 g/mol. The number of hydrogen-bond acceptors (Lipinski definition) is 2. The lowest BCUT2D eigenvalue weighted by atomic mass is 9.71. The SMILES string of the molecule is CCCNC1CCN(C2CCCCC2(C)C)C(C)C1. The number of likely N-dealkylation sites (tertiary alicyclic amines) is 1. The standard InChI is InChI=1S/C17H34N2/c1-5-11-18-15-9-12-19(14(2)13-15)16-8-6-7-10-17(16,3)4/h14-16,18H,5-13H2,1-4H3. The summed E-state index contributed by atoms with van der Waals surface area (Å²) in [5.41, 5.74) is 0.524. The predicted molar refractivity (Wildman–Crippen MR) is 83.5 cm³/mol. The van der Waals surface area contributed by atoms with Gasteiger partial charge in [0, 0.05) is 24.7 Å². The third-order valence-electron chi connectivity index (χ3n) is 5.46. The van der Waals surface area contributed by atoms with Crippen LogP contribution in [0.4, 0.5) is 0 Å². The van der Waals surface area contributed by atoms with Crippen molar-refractivity contribution in [3.05, 3.63) is 0 Å². The molecule has 0 aromatic carbocycles. The topological polar surface area (TPSA) is 15.3 Å². The van der Waals surface area contributed by atoms with Crippen LogP contribution in [-0.4, -0.2) is 36.1 Å². The highest BCUT2D eigenvalue weighted by atomic mass is 15.2. The monoisotopic (exact) mass is 266 g/mol. The molecule has 0 aromatic heterocycles. The molecule has 112 valence electrons. The summed E-state index contributed by atoms with van der Waals surface area (Å²) < 4.78 is 0. The second-order valence-electron chi connectivity index (χ2n) is 7.51. The Bertz CT molecular complexity index is 274. The van der Waals surface area contributed by atoms with Gasteiger partial charge in [-0.05, 0) is 51.0 Å². The lowest BCUT2D eigenvalue weighted by Gasteiger charge is -2.50. The first-order valence-corrected chi connectivity index (χ1v) is 8.53. The zero-order chi connectivity index (χ0) is 13.9. The number of rotatable bonds is 4. The molecule has 0 aromatic rings. The number of nitrogens with zero attached hydrogens (tertiary/aromatic N) is 1. The molecule has 2 rings (SSSR count). The molecule has 2 nitrogen and oxygen atoms in total. The summed E-state index contributed by atoms with van der Waals surface area (Å²) in [6.45, 7) is 12.2. The van der Waals surface area contributed by atoms with Crippen molar-refractivity contribution >= 4 is 0 Å². The fourth-order valence-electron chi connectivity index (χ4n) is 4.28. The van der Waals surface area contributed by atoms with E-state index in [0.29, 0.717) is 5.41 Å². The minimum Gasteiger partial charge on any atom is -0.314 e. The van der Waals surface area contributed by atoms with E-state index in [4.69, 9.17) is 0 Å². The van der Waals surface area contributed by atoms with Crippen molar-refractivity contribution < 1.29 is 0 Å². The summed E-state index contributed by atoms with van der Waals surface area (Å²) >= 11 is 0. The maximum absolute atomic E-state index is 3.72. The summed E-state index contributed by atoms with van der Waals surface area (Å²) in [5, 5.41) is 3.72. The molecule has 1 heterocycles. The van der Waals surface area contributed by atoms with Crippen LogP contribution in [0.2, 0.25) is 0 Å². The van der Waals surface area contributed by atoms with Gasteiger partial charge in [0.2, 0.25) is 0 Å². The summed E-state index contributed by atoms with van der Waals surface area (Å²) in [6, 6.07) is 2.34. The summed E-state index contributed by atoms with van der Waals surface area (Å²) in [6.07, 6.45) is 9.65. The van der Waals surface area contributed by atoms with Crippen molar-refractivity contribution in [2.24, 2.45) is 5.41 Å². The van der Waals surface area contributed by atoms with E-state index in [1.807, 2.05) is 0 Å². The number of hydrogen-bond donors (Lipinski definition) is 1. The van der Waals surface area contributed by atoms with Crippen molar-refractivity contribution in [3.63, 3.8) is 0 Å². The molecule has 0 spiro atoms. The highest BCUT2D eigenvalue weighted by Crippen LogP contribution is 2.40. The van der Waals surface area contributed by atoms with E-state index in [9.17, 15) is 0 Å². The summed E-state index contributed by atoms with van der Waals surface area (Å²) in [5.74, 6) is 0. The van der Waals surface area contributed by atoms with E-state index in [2.05, 4.69) is 37.9 Å². The Hall–Kier alpha value is -0.0800. The van der Waals surface area contributed by atoms with E-state index in [1.165, 1.54) is 58.0 Å². The molecule has 0 radical (unpaired) electrons. The van der Waals surface area contributed by atoms with Gasteiger partial charge in [-0.25, -0.2) is 0 Å². The molecule has 0 amide bonds. The minimum absolute atomic E-state index is 0.524. The van der Waals surface area contributed by atoms with Crippen LogP contribution in [0.1, 0.15) is 72.6 Å². The van der Waals surface area contributed by atoms with Gasteiger partial charge < -0.3 is 5.32 Å². The van der Waals surface area contributed by atoms with Gasteiger partial charge in [0.05, 0.1) is 0 Å². The summed E-state index contributed by atoms with van der Waals surface area (Å²) in [7, 11) is 0. The molecule has 1 N–H and O–H groups in total. The van der Waals surface area contributed by atoms with Gasteiger partial charge in [0.15, 0.2) is 0 Å². The van der Waals surface area contributed by atoms with Crippen molar-refractivity contribution in [2.75, 3.05) is 13.1 Å². The Labute approximate surface area is 120 Å². The number of piperidine rings is 1. The van der Waals surface area contributed by atoms with E-state index in [1.54, 1.807) is 0 Å². The Morgan fingerprint density at radius 2 is 2.00 bits per heavy atom. The fourth-order valence-corrected chi connectivity index (χ4v) is 4.28. The van der Waals surface area contributed by atoms with Crippen LogP contribution in [0.3, 0.4) is 0 Å². The predicted octanol–water partition coefficient (Wildman–Crippen LogP) is 3.81. The van der Waals surface area contributed by atoms with Crippen molar-refractivity contribution in [2.45, 2.75) is 90.8 Å². The van der Waals surface area contributed by atoms with E-state index >= 15 is 0 Å². The number of nitrogens with one attached hydrogen (secondary N) is 1. The first-order chi connectivity index (χ1) is 9.04. The molecule has 1 aliphatic heterocycles. The van der Waals surface area contributed by atoms with Gasteiger partial charge in [0.25, 0.3) is 0 Å². The second kappa shape index (κ2) is 6.58. The molecule has 3 unspecified atom stereocenters. The zero-order valence-electron chi connectivity index (χ0n) is 13.5. The molecule has 1 saturated carbocycles. The zero-order valence-corrected chi connectivity index (χ0v) is 13.5. The normalized spacial score (nSPS) is 36.3. The Morgan fingerprint density at radius 1 is 1.21 bits per heavy atom. The van der Waals surface area contributed by atoms with Gasteiger partial charge >= 0.3 is 0 Å². The molecule has 19 heavy (non-hydrogen) atoms. The van der Waals surface area contributed by atoms with E-state index in [0.717, 1.165) is 18.1 Å². The van der Waals surface area contributed by atoms with Gasteiger partial charge in [-0.2, -0.15) is 0 Å². The lowest BCUT2D eigenvalue weighted by molar-refractivity contribution is -0.000962. The largest absolute Gasteiger partial charge is 0.314 e. The van der Waals surface area contributed by atoms with Crippen LogP contribution >= 0.6 is 0 Å². The Morgan fingerprint density at radius 3 is 2.63 bits per heavy atom. The van der Waals surface area contributed by atoms with Crippen LogP contribution in [0.5, 0.6) is 0 Å². The van der Waals surface area contributed by atoms with Crippen LogP contribution in [0.15, 0.2) is 0 Å². The van der Waals surface area contributed by atoms with Crippen LogP contribution in [0.25, 0.3) is 0 Å². The van der Waals surface area contributed by atoms with Gasteiger partial charge in [-0.15, -0.1) is 0 Å². The molecule has 0 bridgehead atoms. The Kier molecular flexibility index (Phi) is 5.30. The van der Waals surface area contributed by atoms with Gasteiger partial charge in [-0.1, -0.05) is 33.6 Å². The first kappa shape index (κ1) is 15.3. The molecule has 2 fully saturated rings. The molecule has 3 atom stereocenters.